The molecule has 134 valence electrons. The summed E-state index contributed by atoms with van der Waals surface area (Å²) in [6.07, 6.45) is 1.65. The van der Waals surface area contributed by atoms with Gasteiger partial charge in [-0.15, -0.1) is 0 Å². The van der Waals surface area contributed by atoms with E-state index in [0.29, 0.717) is 18.8 Å². The third kappa shape index (κ3) is 3.64. The van der Waals surface area contributed by atoms with Crippen LogP contribution in [0.15, 0.2) is 54.9 Å². The molecule has 8 nitrogen and oxygen atoms in total. The average Bonchev–Trinajstić information content (AvgIpc) is 3.08. The summed E-state index contributed by atoms with van der Waals surface area (Å²) in [6.45, 7) is 2.54. The summed E-state index contributed by atoms with van der Waals surface area (Å²) in [6, 6.07) is 13.6. The van der Waals surface area contributed by atoms with Gasteiger partial charge >= 0.3 is 0 Å². The lowest BCUT2D eigenvalue weighted by Crippen LogP contribution is -2.34. The van der Waals surface area contributed by atoms with Crippen molar-refractivity contribution >= 4 is 28.3 Å². The molecule has 0 radical (unpaired) electrons. The van der Waals surface area contributed by atoms with Gasteiger partial charge in [-0.25, -0.2) is 4.98 Å². The quantitative estimate of drug-likeness (QED) is 0.386. The minimum absolute atomic E-state index is 0.0112. The first kappa shape index (κ1) is 17.4. The van der Waals surface area contributed by atoms with Crippen molar-refractivity contribution < 1.29 is 9.72 Å². The number of nitro benzene ring substituents is 1. The molecule has 3 aromatic rings. The van der Waals surface area contributed by atoms with Crippen LogP contribution < -0.4 is 10.6 Å². The number of fused-ring (bicyclic) bond motifs is 1. The highest BCUT2D eigenvalue weighted by atomic mass is 16.6. The van der Waals surface area contributed by atoms with E-state index in [1.807, 2.05) is 28.8 Å². The van der Waals surface area contributed by atoms with Crippen molar-refractivity contribution in [2.75, 3.05) is 18.4 Å². The van der Waals surface area contributed by atoms with Crippen LogP contribution in [0.25, 0.3) is 11.0 Å². The highest BCUT2D eigenvalue weighted by molar-refractivity contribution is 5.83. The lowest BCUT2D eigenvalue weighted by atomic mass is 10.2. The van der Waals surface area contributed by atoms with Crippen LogP contribution in [0.5, 0.6) is 0 Å². The van der Waals surface area contributed by atoms with Gasteiger partial charge in [0.05, 0.1) is 22.3 Å². The van der Waals surface area contributed by atoms with Crippen LogP contribution in [0.1, 0.15) is 13.0 Å². The van der Waals surface area contributed by atoms with Gasteiger partial charge < -0.3 is 15.2 Å². The van der Waals surface area contributed by atoms with E-state index in [4.69, 9.17) is 0 Å². The smallest absolute Gasteiger partial charge is 0.292 e. The van der Waals surface area contributed by atoms with Gasteiger partial charge in [0.1, 0.15) is 11.7 Å². The van der Waals surface area contributed by atoms with E-state index in [1.165, 1.54) is 6.07 Å². The molecule has 0 saturated carbocycles. The first-order valence-electron chi connectivity index (χ1n) is 8.24. The second-order valence-electron chi connectivity index (χ2n) is 5.81. The molecule has 0 aliphatic rings. The molecular weight excluding hydrogens is 334 g/mol. The monoisotopic (exact) mass is 353 g/mol. The van der Waals surface area contributed by atoms with E-state index in [2.05, 4.69) is 15.6 Å². The zero-order valence-corrected chi connectivity index (χ0v) is 14.3. The maximum atomic E-state index is 12.4. The molecule has 0 aliphatic heterocycles. The number of benzene rings is 2. The largest absolute Gasteiger partial charge is 0.378 e. The third-order valence-electron chi connectivity index (χ3n) is 4.12. The minimum atomic E-state index is -0.437. The van der Waals surface area contributed by atoms with Gasteiger partial charge in [0, 0.05) is 19.2 Å². The standard InChI is InChI=1S/C18H19N5O3/c1-13(22-12-21-14-6-2-4-8-16(14)22)18(24)20-11-10-19-15-7-3-5-9-17(15)23(25)26/h2-9,12-13,19H,10-11H2,1H3,(H,20,24)/t13-/m1/s1. The van der Waals surface area contributed by atoms with E-state index in [0.717, 1.165) is 11.0 Å². The molecule has 26 heavy (non-hydrogen) atoms. The summed E-state index contributed by atoms with van der Waals surface area (Å²) >= 11 is 0. The molecule has 0 aliphatic carbocycles. The number of imidazole rings is 1. The number of aromatic nitrogens is 2. The van der Waals surface area contributed by atoms with E-state index in [1.54, 1.807) is 31.5 Å². The summed E-state index contributed by atoms with van der Waals surface area (Å²) in [7, 11) is 0. The highest BCUT2D eigenvalue weighted by Gasteiger charge is 2.17. The fraction of sp³-hybridized carbons (Fsp3) is 0.222. The number of carbonyl (C=O) groups excluding carboxylic acids is 1. The van der Waals surface area contributed by atoms with Gasteiger partial charge in [0.25, 0.3) is 5.69 Å². The summed E-state index contributed by atoms with van der Waals surface area (Å²) in [5.41, 5.74) is 2.18. The number of para-hydroxylation sites is 4. The topological polar surface area (TPSA) is 102 Å². The SMILES string of the molecule is C[C@H](C(=O)NCCNc1ccccc1[N+](=O)[O-])n1cnc2ccccc21. The number of hydrogen-bond acceptors (Lipinski definition) is 5. The number of rotatable bonds is 7. The van der Waals surface area contributed by atoms with Crippen molar-refractivity contribution in [3.05, 3.63) is 65.0 Å². The Morgan fingerprint density at radius 1 is 1.19 bits per heavy atom. The lowest BCUT2D eigenvalue weighted by Gasteiger charge is -2.15. The van der Waals surface area contributed by atoms with Gasteiger partial charge in [-0.3, -0.25) is 14.9 Å². The molecule has 1 aromatic heterocycles. The zero-order valence-electron chi connectivity index (χ0n) is 14.3. The van der Waals surface area contributed by atoms with E-state index >= 15 is 0 Å². The van der Waals surface area contributed by atoms with Crippen LogP contribution in [-0.4, -0.2) is 33.5 Å². The van der Waals surface area contributed by atoms with Gasteiger partial charge in [-0.1, -0.05) is 24.3 Å². The average molecular weight is 353 g/mol. The molecule has 0 bridgehead atoms. The molecule has 2 N–H and O–H groups in total. The third-order valence-corrected chi connectivity index (χ3v) is 4.12. The minimum Gasteiger partial charge on any atom is -0.378 e. The number of carbonyl (C=O) groups is 1. The summed E-state index contributed by atoms with van der Waals surface area (Å²) < 4.78 is 1.82. The van der Waals surface area contributed by atoms with Gasteiger partial charge in [0.15, 0.2) is 0 Å². The molecular formula is C18H19N5O3. The van der Waals surface area contributed by atoms with Crippen LogP contribution in [0.4, 0.5) is 11.4 Å². The second-order valence-corrected chi connectivity index (χ2v) is 5.81. The first-order chi connectivity index (χ1) is 12.6. The van der Waals surface area contributed by atoms with E-state index in [-0.39, 0.29) is 11.6 Å². The highest BCUT2D eigenvalue weighted by Crippen LogP contribution is 2.22. The molecule has 8 heteroatoms. The maximum Gasteiger partial charge on any atom is 0.292 e. The molecule has 0 fully saturated rings. The Hall–Kier alpha value is -3.42. The van der Waals surface area contributed by atoms with Crippen LogP contribution in [0, 0.1) is 10.1 Å². The number of hydrogen-bond donors (Lipinski definition) is 2. The van der Waals surface area contributed by atoms with Crippen molar-refractivity contribution in [2.45, 2.75) is 13.0 Å². The number of nitrogens with zero attached hydrogens (tertiary/aromatic N) is 3. The first-order valence-corrected chi connectivity index (χ1v) is 8.24. The van der Waals surface area contributed by atoms with Gasteiger partial charge in [-0.2, -0.15) is 0 Å². The van der Waals surface area contributed by atoms with Crippen LogP contribution in [0.3, 0.4) is 0 Å². The predicted octanol–water partition coefficient (Wildman–Crippen LogP) is 2.73. The number of amides is 1. The normalized spacial score (nSPS) is 11.9. The molecule has 1 amide bonds. The Labute approximate surface area is 150 Å². The van der Waals surface area contributed by atoms with Crippen LogP contribution in [0.2, 0.25) is 0 Å². The Kier molecular flexibility index (Phi) is 5.12. The second kappa shape index (κ2) is 7.64. The summed E-state index contributed by atoms with van der Waals surface area (Å²) in [4.78, 5) is 27.2. The van der Waals surface area contributed by atoms with Crippen LogP contribution >= 0.6 is 0 Å². The zero-order chi connectivity index (χ0) is 18.5. The van der Waals surface area contributed by atoms with Crippen LogP contribution in [-0.2, 0) is 4.79 Å². The molecule has 0 unspecified atom stereocenters. The van der Waals surface area contributed by atoms with Crippen molar-refractivity contribution in [2.24, 2.45) is 0 Å². The Balaban J connectivity index is 1.55. The Morgan fingerprint density at radius 3 is 2.73 bits per heavy atom. The fourth-order valence-electron chi connectivity index (χ4n) is 2.73. The molecule has 3 rings (SSSR count). The molecule has 0 spiro atoms. The van der Waals surface area contributed by atoms with Crippen molar-refractivity contribution in [1.29, 1.82) is 0 Å². The summed E-state index contributed by atoms with van der Waals surface area (Å²) in [5, 5.41) is 16.8. The molecule has 0 saturated heterocycles. The molecule has 1 heterocycles. The lowest BCUT2D eigenvalue weighted by molar-refractivity contribution is -0.384. The van der Waals surface area contributed by atoms with E-state index < -0.39 is 11.0 Å². The van der Waals surface area contributed by atoms with Gasteiger partial charge in [0.2, 0.25) is 5.91 Å². The summed E-state index contributed by atoms with van der Waals surface area (Å²) in [5.74, 6) is -0.141. The van der Waals surface area contributed by atoms with Gasteiger partial charge in [-0.05, 0) is 25.1 Å². The van der Waals surface area contributed by atoms with E-state index in [9.17, 15) is 14.9 Å². The van der Waals surface area contributed by atoms with Crippen molar-refractivity contribution in [3.8, 4) is 0 Å². The molecule has 2 aromatic carbocycles. The molecule has 1 atom stereocenters. The fourth-order valence-corrected chi connectivity index (χ4v) is 2.73. The Bertz CT molecular complexity index is 937. The number of nitro groups is 1. The maximum absolute atomic E-state index is 12.4. The Morgan fingerprint density at radius 2 is 1.92 bits per heavy atom. The number of anilines is 1. The van der Waals surface area contributed by atoms with Crippen molar-refractivity contribution in [3.63, 3.8) is 0 Å². The van der Waals surface area contributed by atoms with Crippen molar-refractivity contribution in [1.82, 2.24) is 14.9 Å². The number of nitrogens with one attached hydrogen (secondary N) is 2. The predicted molar refractivity (Wildman–Crippen MR) is 99.0 cm³/mol.